The summed E-state index contributed by atoms with van der Waals surface area (Å²) in [6.07, 6.45) is 3.84. The Labute approximate surface area is 298 Å². The third-order valence-electron chi connectivity index (χ3n) is 10.4. The molecule has 0 saturated heterocycles. The van der Waals surface area contributed by atoms with Crippen LogP contribution in [0.5, 0.6) is 11.5 Å². The lowest BCUT2D eigenvalue weighted by molar-refractivity contribution is 0.484. The highest BCUT2D eigenvalue weighted by atomic mass is 16.5. The summed E-state index contributed by atoms with van der Waals surface area (Å²) in [6, 6.07) is 60.0. The third kappa shape index (κ3) is 4.26. The fraction of sp³-hybridized carbons (Fsp3) is 0. The Morgan fingerprint density at radius 1 is 0.327 bits per heavy atom. The zero-order chi connectivity index (χ0) is 34.2. The quantitative estimate of drug-likeness (QED) is 0.183. The van der Waals surface area contributed by atoms with Crippen LogP contribution in [-0.4, -0.2) is 18.7 Å². The van der Waals surface area contributed by atoms with Crippen LogP contribution in [0.25, 0.3) is 82.5 Å². The van der Waals surface area contributed by atoms with E-state index in [1.807, 2.05) is 12.4 Å². The topological polar surface area (TPSA) is 36.9 Å². The summed E-state index contributed by atoms with van der Waals surface area (Å²) in [6.45, 7) is 0. The van der Waals surface area contributed by atoms with Crippen LogP contribution in [0.2, 0.25) is 0 Å². The van der Waals surface area contributed by atoms with Gasteiger partial charge >= 0.3 is 0 Å². The number of pyridine rings is 1. The molecule has 0 N–H and O–H groups in total. The molecule has 0 aliphatic heterocycles. The molecule has 0 amide bonds. The third-order valence-corrected chi connectivity index (χ3v) is 10.4. The second-order valence-corrected chi connectivity index (χ2v) is 13.3. The van der Waals surface area contributed by atoms with Crippen LogP contribution in [0.4, 0.5) is 0 Å². The van der Waals surface area contributed by atoms with Crippen molar-refractivity contribution in [2.45, 2.75) is 0 Å². The first-order valence-electron chi connectivity index (χ1n) is 17.5. The van der Waals surface area contributed by atoms with Gasteiger partial charge in [0, 0.05) is 55.6 Å². The van der Waals surface area contributed by atoms with E-state index in [2.05, 4.69) is 189 Å². The maximum atomic E-state index is 6.65. The fourth-order valence-electron chi connectivity index (χ4n) is 8.15. The Kier molecular flexibility index (Phi) is 6.18. The summed E-state index contributed by atoms with van der Waals surface area (Å²) in [5, 5.41) is 7.05. The van der Waals surface area contributed by atoms with Crippen molar-refractivity contribution < 1.29 is 4.74 Å². The Morgan fingerprint density at radius 2 is 0.769 bits per heavy atom. The van der Waals surface area contributed by atoms with Gasteiger partial charge in [-0.3, -0.25) is 4.98 Å². The average Bonchev–Trinajstić information content (AvgIpc) is 3.84. The van der Waals surface area contributed by atoms with Crippen molar-refractivity contribution >= 4 is 65.4 Å². The molecular weight excluding hydrogens is 637 g/mol. The summed E-state index contributed by atoms with van der Waals surface area (Å²) in [5.41, 5.74) is 10.2. The van der Waals surface area contributed by atoms with Crippen molar-refractivity contribution in [2.24, 2.45) is 0 Å². The van der Waals surface area contributed by atoms with E-state index in [-0.39, 0.29) is 0 Å². The lowest BCUT2D eigenvalue weighted by atomic mass is 10.1. The number of para-hydroxylation sites is 4. The molecule has 0 spiro atoms. The minimum Gasteiger partial charge on any atom is -0.457 e. The van der Waals surface area contributed by atoms with Crippen LogP contribution >= 0.6 is 0 Å². The summed E-state index contributed by atoms with van der Waals surface area (Å²) in [7, 11) is 0. The summed E-state index contributed by atoms with van der Waals surface area (Å²) in [4.78, 5) is 4.49. The maximum absolute atomic E-state index is 6.65. The fourth-order valence-corrected chi connectivity index (χ4v) is 8.15. The van der Waals surface area contributed by atoms with Crippen molar-refractivity contribution in [2.75, 3.05) is 0 Å². The first kappa shape index (κ1) is 28.7. The molecule has 4 aromatic heterocycles. The number of aromatic nitrogens is 4. The molecule has 4 heterocycles. The van der Waals surface area contributed by atoms with Gasteiger partial charge in [0.1, 0.15) is 11.5 Å². The van der Waals surface area contributed by atoms with Gasteiger partial charge in [0.2, 0.25) is 0 Å². The molecule has 0 radical (unpaired) electrons. The minimum atomic E-state index is 0.801. The van der Waals surface area contributed by atoms with E-state index in [1.165, 1.54) is 27.1 Å². The van der Waals surface area contributed by atoms with Crippen molar-refractivity contribution in [1.82, 2.24) is 18.7 Å². The molecule has 244 valence electrons. The lowest BCUT2D eigenvalue weighted by Crippen LogP contribution is -1.95. The molecule has 5 heteroatoms. The smallest absolute Gasteiger partial charge is 0.128 e. The monoisotopic (exact) mass is 666 g/mol. The van der Waals surface area contributed by atoms with Crippen LogP contribution in [0.1, 0.15) is 0 Å². The molecule has 0 saturated carbocycles. The summed E-state index contributed by atoms with van der Waals surface area (Å²) < 4.78 is 13.6. The van der Waals surface area contributed by atoms with E-state index < -0.39 is 0 Å². The van der Waals surface area contributed by atoms with Gasteiger partial charge in [-0.2, -0.15) is 0 Å². The molecule has 0 aliphatic carbocycles. The van der Waals surface area contributed by atoms with Gasteiger partial charge in [0.05, 0.1) is 39.3 Å². The van der Waals surface area contributed by atoms with E-state index in [1.54, 1.807) is 0 Å². The standard InChI is InChI=1S/C47H30N4O/c1-3-11-31(12-4-1)49-42-17-9-7-15-36(42)40-28-34(20-23-45(40)49)52-35-21-24-46-41(29-35)37-16-8-10-18-43(37)51(46)33-19-22-44-39(27-33)38-25-26-48-30-47(38)50(44)32-13-5-2-6-14-32/h1-30H. The number of nitrogens with zero attached hydrogens (tertiary/aromatic N) is 4. The molecule has 11 rings (SSSR count). The number of hydrogen-bond acceptors (Lipinski definition) is 2. The van der Waals surface area contributed by atoms with Crippen LogP contribution in [0.3, 0.4) is 0 Å². The summed E-state index contributed by atoms with van der Waals surface area (Å²) >= 11 is 0. The van der Waals surface area contributed by atoms with Gasteiger partial charge in [-0.1, -0.05) is 72.8 Å². The molecule has 7 aromatic carbocycles. The predicted octanol–water partition coefficient (Wildman–Crippen LogP) is 12.2. The van der Waals surface area contributed by atoms with Crippen molar-refractivity contribution in [3.63, 3.8) is 0 Å². The van der Waals surface area contributed by atoms with Gasteiger partial charge in [-0.15, -0.1) is 0 Å². The Hall–Kier alpha value is -7.11. The summed E-state index contributed by atoms with van der Waals surface area (Å²) in [5.74, 6) is 1.61. The van der Waals surface area contributed by atoms with Crippen LogP contribution < -0.4 is 4.74 Å². The minimum absolute atomic E-state index is 0.801. The molecule has 0 atom stereocenters. The van der Waals surface area contributed by atoms with Gasteiger partial charge in [-0.25, -0.2) is 0 Å². The number of rotatable bonds is 5. The molecule has 0 aliphatic rings. The van der Waals surface area contributed by atoms with E-state index in [0.29, 0.717) is 0 Å². The largest absolute Gasteiger partial charge is 0.457 e. The Balaban J connectivity index is 1.04. The number of ether oxygens (including phenoxy) is 1. The zero-order valence-electron chi connectivity index (χ0n) is 28.0. The highest BCUT2D eigenvalue weighted by molar-refractivity contribution is 6.13. The number of benzene rings is 7. The van der Waals surface area contributed by atoms with Gasteiger partial charge in [-0.05, 0) is 97.1 Å². The highest BCUT2D eigenvalue weighted by Gasteiger charge is 2.18. The van der Waals surface area contributed by atoms with E-state index in [9.17, 15) is 0 Å². The van der Waals surface area contributed by atoms with E-state index in [0.717, 1.165) is 66.9 Å². The molecular formula is C47H30N4O. The van der Waals surface area contributed by atoms with E-state index >= 15 is 0 Å². The predicted molar refractivity (Wildman–Crippen MR) is 214 cm³/mol. The average molecular weight is 667 g/mol. The van der Waals surface area contributed by atoms with Crippen LogP contribution in [0.15, 0.2) is 182 Å². The van der Waals surface area contributed by atoms with E-state index in [4.69, 9.17) is 4.74 Å². The number of fused-ring (bicyclic) bond motifs is 9. The SMILES string of the molecule is c1ccc(-n2c3ccccc3c3cc(Oc4ccc5c(c4)c4ccccc4n5-c4ccc5c(c4)c4ccncc4n5-c4ccccc4)ccc32)cc1. The Bertz CT molecular complexity index is 3150. The molecule has 11 aromatic rings. The first-order chi connectivity index (χ1) is 25.8. The second kappa shape index (κ2) is 11.2. The zero-order valence-corrected chi connectivity index (χ0v) is 28.0. The van der Waals surface area contributed by atoms with Crippen LogP contribution in [-0.2, 0) is 0 Å². The first-order valence-corrected chi connectivity index (χ1v) is 17.5. The van der Waals surface area contributed by atoms with Gasteiger partial charge in [0.25, 0.3) is 0 Å². The second-order valence-electron chi connectivity index (χ2n) is 13.3. The molecule has 0 fully saturated rings. The van der Waals surface area contributed by atoms with Crippen molar-refractivity contribution in [1.29, 1.82) is 0 Å². The van der Waals surface area contributed by atoms with Gasteiger partial charge in [0.15, 0.2) is 0 Å². The van der Waals surface area contributed by atoms with Crippen molar-refractivity contribution in [3.05, 3.63) is 182 Å². The Morgan fingerprint density at radius 3 is 1.37 bits per heavy atom. The normalized spacial score (nSPS) is 11.8. The highest BCUT2D eigenvalue weighted by Crippen LogP contribution is 2.39. The molecule has 52 heavy (non-hydrogen) atoms. The molecule has 5 nitrogen and oxygen atoms in total. The van der Waals surface area contributed by atoms with Crippen molar-refractivity contribution in [3.8, 4) is 28.6 Å². The number of hydrogen-bond donors (Lipinski definition) is 0. The van der Waals surface area contributed by atoms with Crippen LogP contribution in [0, 0.1) is 0 Å². The molecule has 0 unspecified atom stereocenters. The maximum Gasteiger partial charge on any atom is 0.128 e. The molecule has 0 bridgehead atoms. The lowest BCUT2D eigenvalue weighted by Gasteiger charge is -2.11. The van der Waals surface area contributed by atoms with Gasteiger partial charge < -0.3 is 18.4 Å².